The van der Waals surface area contributed by atoms with Crippen molar-refractivity contribution in [1.82, 2.24) is 20.4 Å². The predicted octanol–water partition coefficient (Wildman–Crippen LogP) is 3.41. The van der Waals surface area contributed by atoms with Gasteiger partial charge in [-0.15, -0.1) is 10.2 Å². The van der Waals surface area contributed by atoms with Gasteiger partial charge in [-0.1, -0.05) is 6.42 Å². The molecule has 4 heterocycles. The number of nitrogens with zero attached hydrogens (tertiary/aromatic N) is 4. The lowest BCUT2D eigenvalue weighted by molar-refractivity contribution is 0.0799. The highest BCUT2D eigenvalue weighted by atomic mass is 16.3. The molecule has 0 aliphatic carbocycles. The van der Waals surface area contributed by atoms with E-state index in [1.54, 1.807) is 26.2 Å². The largest absolute Gasteiger partial charge is 0.507 e. The Kier molecular flexibility index (Phi) is 5.25. The SMILES string of the molecule is CN(C)C(=O)c1cc2cc(-c3ccc(N(C)[C@H]4C[C@H]5CCC[C@@H](C4)N5)nn3)c(O)cc2o1. The van der Waals surface area contributed by atoms with Crippen LogP contribution in [0.2, 0.25) is 0 Å². The maximum Gasteiger partial charge on any atom is 0.289 e. The molecule has 2 saturated heterocycles. The van der Waals surface area contributed by atoms with E-state index in [9.17, 15) is 9.90 Å². The van der Waals surface area contributed by atoms with Crippen LogP contribution < -0.4 is 10.2 Å². The van der Waals surface area contributed by atoms with E-state index in [2.05, 4.69) is 27.5 Å². The van der Waals surface area contributed by atoms with Crippen molar-refractivity contribution in [1.29, 1.82) is 0 Å². The fraction of sp³-hybridized carbons (Fsp3) is 0.458. The van der Waals surface area contributed by atoms with E-state index in [-0.39, 0.29) is 17.4 Å². The molecule has 8 heteroatoms. The summed E-state index contributed by atoms with van der Waals surface area (Å²) < 4.78 is 5.61. The van der Waals surface area contributed by atoms with Gasteiger partial charge in [-0.2, -0.15) is 0 Å². The Labute approximate surface area is 187 Å². The molecule has 8 nitrogen and oxygen atoms in total. The van der Waals surface area contributed by atoms with Crippen molar-refractivity contribution in [3.63, 3.8) is 0 Å². The van der Waals surface area contributed by atoms with Gasteiger partial charge in [0.2, 0.25) is 0 Å². The van der Waals surface area contributed by atoms with E-state index in [0.29, 0.717) is 35.0 Å². The first-order chi connectivity index (χ1) is 15.4. The smallest absolute Gasteiger partial charge is 0.289 e. The number of carbonyl (C=O) groups is 1. The molecule has 2 fully saturated rings. The molecule has 2 aliphatic heterocycles. The molecule has 2 N–H and O–H groups in total. The Morgan fingerprint density at radius 1 is 1.09 bits per heavy atom. The Morgan fingerprint density at radius 3 is 2.50 bits per heavy atom. The van der Waals surface area contributed by atoms with Crippen LogP contribution in [-0.2, 0) is 0 Å². The first kappa shape index (κ1) is 20.8. The highest BCUT2D eigenvalue weighted by molar-refractivity contribution is 5.97. The maximum absolute atomic E-state index is 12.2. The molecule has 1 aromatic carbocycles. The van der Waals surface area contributed by atoms with Crippen molar-refractivity contribution < 1.29 is 14.3 Å². The number of aromatic nitrogens is 2. The summed E-state index contributed by atoms with van der Waals surface area (Å²) in [5, 5.41) is 23.9. The van der Waals surface area contributed by atoms with Crippen LogP contribution in [0.3, 0.4) is 0 Å². The van der Waals surface area contributed by atoms with Gasteiger partial charge in [0.1, 0.15) is 11.3 Å². The Bertz CT molecular complexity index is 1130. The fourth-order valence-electron chi connectivity index (χ4n) is 5.00. The third kappa shape index (κ3) is 3.79. The van der Waals surface area contributed by atoms with Crippen molar-refractivity contribution in [2.24, 2.45) is 0 Å². The average Bonchev–Trinajstić information content (AvgIpc) is 3.20. The summed E-state index contributed by atoms with van der Waals surface area (Å²) in [7, 11) is 5.43. The number of amides is 1. The lowest BCUT2D eigenvalue weighted by atomic mass is 9.83. The van der Waals surface area contributed by atoms with Gasteiger partial charge in [0, 0.05) is 56.3 Å². The number of phenols is 1. The summed E-state index contributed by atoms with van der Waals surface area (Å²) in [5.41, 5.74) is 1.59. The number of hydrogen-bond donors (Lipinski definition) is 2. The summed E-state index contributed by atoms with van der Waals surface area (Å²) in [6.07, 6.45) is 6.08. The van der Waals surface area contributed by atoms with Crippen LogP contribution in [0.4, 0.5) is 5.82 Å². The second kappa shape index (κ2) is 8.09. The first-order valence-electron chi connectivity index (χ1n) is 11.2. The van der Waals surface area contributed by atoms with Gasteiger partial charge in [-0.05, 0) is 49.9 Å². The zero-order chi connectivity index (χ0) is 22.4. The number of aromatic hydroxyl groups is 1. The zero-order valence-electron chi connectivity index (χ0n) is 18.7. The minimum absolute atomic E-state index is 0.0392. The molecule has 1 amide bonds. The lowest BCUT2D eigenvalue weighted by Crippen LogP contribution is -2.54. The minimum Gasteiger partial charge on any atom is -0.507 e. The number of furan rings is 1. The third-order valence-corrected chi connectivity index (χ3v) is 6.78. The van der Waals surface area contributed by atoms with Crippen LogP contribution >= 0.6 is 0 Å². The number of nitrogens with one attached hydrogen (secondary N) is 1. The number of benzene rings is 1. The van der Waals surface area contributed by atoms with Crippen LogP contribution in [0.1, 0.15) is 42.7 Å². The quantitative estimate of drug-likeness (QED) is 0.648. The highest BCUT2D eigenvalue weighted by Gasteiger charge is 2.33. The molecular weight excluding hydrogens is 406 g/mol. The Hall–Kier alpha value is -3.13. The van der Waals surface area contributed by atoms with E-state index < -0.39 is 0 Å². The van der Waals surface area contributed by atoms with Crippen LogP contribution in [0.25, 0.3) is 22.2 Å². The molecular formula is C24H29N5O3. The summed E-state index contributed by atoms with van der Waals surface area (Å²) in [4.78, 5) is 15.9. The van der Waals surface area contributed by atoms with Crippen molar-refractivity contribution in [3.8, 4) is 17.0 Å². The molecule has 2 aromatic heterocycles. The molecule has 5 rings (SSSR count). The summed E-state index contributed by atoms with van der Waals surface area (Å²) >= 11 is 0. The van der Waals surface area contributed by atoms with E-state index in [0.717, 1.165) is 24.0 Å². The van der Waals surface area contributed by atoms with Crippen LogP contribution in [0.15, 0.2) is 34.7 Å². The summed E-state index contributed by atoms with van der Waals surface area (Å²) in [6, 6.07) is 10.5. The number of anilines is 1. The molecule has 0 spiro atoms. The van der Waals surface area contributed by atoms with Gasteiger partial charge in [0.25, 0.3) is 5.91 Å². The summed E-state index contributed by atoms with van der Waals surface area (Å²) in [6.45, 7) is 0. The van der Waals surface area contributed by atoms with E-state index in [1.165, 1.54) is 30.2 Å². The van der Waals surface area contributed by atoms with Crippen molar-refractivity contribution >= 4 is 22.7 Å². The van der Waals surface area contributed by atoms with Crippen LogP contribution in [0, 0.1) is 0 Å². The Balaban J connectivity index is 1.38. The zero-order valence-corrected chi connectivity index (χ0v) is 18.7. The van der Waals surface area contributed by atoms with Gasteiger partial charge in [0.05, 0.1) is 5.69 Å². The number of fused-ring (bicyclic) bond motifs is 3. The molecule has 3 aromatic rings. The van der Waals surface area contributed by atoms with Gasteiger partial charge < -0.3 is 24.6 Å². The summed E-state index contributed by atoms with van der Waals surface area (Å²) in [5.74, 6) is 0.881. The van der Waals surface area contributed by atoms with Gasteiger partial charge >= 0.3 is 0 Å². The van der Waals surface area contributed by atoms with Gasteiger partial charge in [-0.3, -0.25) is 4.79 Å². The standard InChI is InChI=1S/C24H29N5O3/c1-28(2)24(31)22-10-14-9-18(20(30)13-21(14)32-22)19-7-8-23(27-26-19)29(3)17-11-15-5-4-6-16(12-17)25-15/h7-10,13,15-17,25,30H,4-6,11-12H2,1-3H3/t15-,16+,17+. The lowest BCUT2D eigenvalue weighted by Gasteiger charge is -2.43. The third-order valence-electron chi connectivity index (χ3n) is 6.78. The van der Waals surface area contributed by atoms with Crippen molar-refractivity contribution in [2.45, 2.75) is 50.2 Å². The molecule has 2 aliphatic rings. The van der Waals surface area contributed by atoms with Crippen LogP contribution in [0.5, 0.6) is 5.75 Å². The molecule has 168 valence electrons. The van der Waals surface area contributed by atoms with E-state index >= 15 is 0 Å². The van der Waals surface area contributed by atoms with Gasteiger partial charge in [-0.25, -0.2) is 0 Å². The molecule has 0 radical (unpaired) electrons. The fourth-order valence-corrected chi connectivity index (χ4v) is 5.00. The molecule has 32 heavy (non-hydrogen) atoms. The molecule has 0 unspecified atom stereocenters. The maximum atomic E-state index is 12.2. The minimum atomic E-state index is -0.225. The van der Waals surface area contributed by atoms with Crippen LogP contribution in [-0.4, -0.2) is 65.4 Å². The number of piperidine rings is 2. The van der Waals surface area contributed by atoms with E-state index in [4.69, 9.17) is 4.42 Å². The molecule has 2 bridgehead atoms. The molecule has 3 atom stereocenters. The number of phenolic OH excluding ortho intramolecular Hbond substituents is 1. The monoisotopic (exact) mass is 435 g/mol. The van der Waals surface area contributed by atoms with Gasteiger partial charge in [0.15, 0.2) is 11.6 Å². The van der Waals surface area contributed by atoms with Crippen molar-refractivity contribution in [2.75, 3.05) is 26.0 Å². The predicted molar refractivity (Wildman–Crippen MR) is 123 cm³/mol. The highest BCUT2D eigenvalue weighted by Crippen LogP contribution is 2.35. The van der Waals surface area contributed by atoms with Crippen molar-refractivity contribution in [3.05, 3.63) is 36.1 Å². The second-order valence-electron chi connectivity index (χ2n) is 9.22. The number of hydrogen-bond acceptors (Lipinski definition) is 7. The van der Waals surface area contributed by atoms with E-state index in [1.807, 2.05) is 12.1 Å². The normalized spacial score (nSPS) is 22.7. The average molecular weight is 436 g/mol. The number of rotatable bonds is 4. The topological polar surface area (TPSA) is 94.7 Å². The second-order valence-corrected chi connectivity index (χ2v) is 9.22. The first-order valence-corrected chi connectivity index (χ1v) is 11.2. The number of carbonyl (C=O) groups excluding carboxylic acids is 1. The Morgan fingerprint density at radius 2 is 1.84 bits per heavy atom. The molecule has 0 saturated carbocycles.